The maximum Gasteiger partial charge on any atom is 0.265 e. The van der Waals surface area contributed by atoms with Crippen molar-refractivity contribution in [3.8, 4) is 16.9 Å². The van der Waals surface area contributed by atoms with E-state index in [-0.39, 0.29) is 17.3 Å². The number of carbonyl (C=O) groups excluding carboxylic acids is 1. The summed E-state index contributed by atoms with van der Waals surface area (Å²) in [7, 11) is -2.12. The molecule has 1 amide bonds. The molecule has 0 aliphatic rings. The minimum Gasteiger partial charge on any atom is -0.481 e. The summed E-state index contributed by atoms with van der Waals surface area (Å²) in [6.45, 7) is 1.93. The summed E-state index contributed by atoms with van der Waals surface area (Å²) in [6.07, 6.45) is -0.743. The third kappa shape index (κ3) is 6.19. The number of rotatable bonds is 9. The lowest BCUT2D eigenvalue weighted by molar-refractivity contribution is -0.122. The lowest BCUT2D eigenvalue weighted by atomic mass is 10.1. The zero-order valence-corrected chi connectivity index (χ0v) is 21.0. The molecule has 1 N–H and O–H groups in total. The molecule has 4 rings (SSSR count). The molecule has 36 heavy (non-hydrogen) atoms. The van der Waals surface area contributed by atoms with Crippen LogP contribution in [0.15, 0.2) is 114 Å². The Bertz CT molecular complexity index is 1390. The average Bonchev–Trinajstić information content (AvgIpc) is 2.90. The van der Waals surface area contributed by atoms with E-state index < -0.39 is 16.1 Å². The van der Waals surface area contributed by atoms with Crippen molar-refractivity contribution in [1.82, 2.24) is 4.31 Å². The quantitative estimate of drug-likeness (QED) is 0.326. The first-order valence-corrected chi connectivity index (χ1v) is 13.0. The molecule has 0 bridgehead atoms. The van der Waals surface area contributed by atoms with E-state index in [1.807, 2.05) is 84.9 Å². The molecule has 0 heterocycles. The molecule has 0 aliphatic carbocycles. The van der Waals surface area contributed by atoms with Gasteiger partial charge in [0.15, 0.2) is 6.10 Å². The maximum absolute atomic E-state index is 12.9. The van der Waals surface area contributed by atoms with E-state index in [0.717, 1.165) is 16.7 Å². The van der Waals surface area contributed by atoms with Gasteiger partial charge in [-0.2, -0.15) is 4.31 Å². The van der Waals surface area contributed by atoms with Crippen LogP contribution >= 0.6 is 0 Å². The summed E-state index contributed by atoms with van der Waals surface area (Å²) in [5, 5.41) is 2.77. The van der Waals surface area contributed by atoms with Crippen LogP contribution in [0, 0.1) is 0 Å². The van der Waals surface area contributed by atoms with Crippen LogP contribution < -0.4 is 10.1 Å². The van der Waals surface area contributed by atoms with Gasteiger partial charge in [-0.15, -0.1) is 0 Å². The number of nitrogens with zero attached hydrogens (tertiary/aromatic N) is 1. The molecule has 0 radical (unpaired) electrons. The van der Waals surface area contributed by atoms with E-state index in [0.29, 0.717) is 11.4 Å². The fourth-order valence-electron chi connectivity index (χ4n) is 3.67. The van der Waals surface area contributed by atoms with Crippen LogP contribution in [0.4, 0.5) is 5.69 Å². The Hall–Kier alpha value is -3.94. The third-order valence-corrected chi connectivity index (χ3v) is 7.54. The Morgan fingerprint density at radius 1 is 0.806 bits per heavy atom. The molecule has 4 aromatic carbocycles. The topological polar surface area (TPSA) is 75.7 Å². The van der Waals surface area contributed by atoms with E-state index in [9.17, 15) is 13.2 Å². The predicted molar refractivity (Wildman–Crippen MR) is 142 cm³/mol. The summed E-state index contributed by atoms with van der Waals surface area (Å²) in [5.41, 5.74) is 3.55. The van der Waals surface area contributed by atoms with Gasteiger partial charge in [-0.3, -0.25) is 4.79 Å². The van der Waals surface area contributed by atoms with Gasteiger partial charge in [0.1, 0.15) is 5.75 Å². The molecule has 0 fully saturated rings. The Kier molecular flexibility index (Phi) is 7.83. The first kappa shape index (κ1) is 25.2. The highest BCUT2D eigenvalue weighted by Gasteiger charge is 2.21. The van der Waals surface area contributed by atoms with E-state index in [1.54, 1.807) is 26.1 Å². The van der Waals surface area contributed by atoms with Gasteiger partial charge < -0.3 is 10.1 Å². The van der Waals surface area contributed by atoms with E-state index >= 15 is 0 Å². The SMILES string of the molecule is CC(Oc1ccc(-c2ccccc2)cc1)C(=O)Nc1ccc(S(=O)(=O)N(C)Cc2ccccc2)cc1. The third-order valence-electron chi connectivity index (χ3n) is 5.72. The summed E-state index contributed by atoms with van der Waals surface area (Å²) in [4.78, 5) is 12.8. The molecule has 0 saturated carbocycles. The van der Waals surface area contributed by atoms with E-state index in [2.05, 4.69) is 5.32 Å². The fraction of sp³-hybridized carbons (Fsp3) is 0.138. The van der Waals surface area contributed by atoms with Crippen molar-refractivity contribution < 1.29 is 17.9 Å². The van der Waals surface area contributed by atoms with Gasteiger partial charge in [0.2, 0.25) is 10.0 Å². The molecular weight excluding hydrogens is 472 g/mol. The number of anilines is 1. The van der Waals surface area contributed by atoms with Crippen LogP contribution in [0.25, 0.3) is 11.1 Å². The number of nitrogens with one attached hydrogen (secondary N) is 1. The number of amides is 1. The smallest absolute Gasteiger partial charge is 0.265 e. The second-order valence-electron chi connectivity index (χ2n) is 8.41. The van der Waals surface area contributed by atoms with Crippen LogP contribution in [0.5, 0.6) is 5.75 Å². The van der Waals surface area contributed by atoms with Gasteiger partial charge in [0.05, 0.1) is 4.90 Å². The monoisotopic (exact) mass is 500 g/mol. The van der Waals surface area contributed by atoms with Crippen LogP contribution in [-0.2, 0) is 21.4 Å². The van der Waals surface area contributed by atoms with Gasteiger partial charge >= 0.3 is 0 Å². The molecule has 7 heteroatoms. The number of carbonyl (C=O) groups is 1. The Balaban J connectivity index is 1.34. The van der Waals surface area contributed by atoms with Gasteiger partial charge in [0.25, 0.3) is 5.91 Å². The predicted octanol–water partition coefficient (Wildman–Crippen LogP) is 5.58. The van der Waals surface area contributed by atoms with Crippen LogP contribution in [0.2, 0.25) is 0 Å². The first-order valence-electron chi connectivity index (χ1n) is 11.6. The van der Waals surface area contributed by atoms with Crippen molar-refractivity contribution in [3.63, 3.8) is 0 Å². The summed E-state index contributed by atoms with van der Waals surface area (Å²) < 4.78 is 32.9. The Morgan fingerprint density at radius 2 is 1.36 bits per heavy atom. The van der Waals surface area contributed by atoms with Gasteiger partial charge in [-0.25, -0.2) is 8.42 Å². The summed E-state index contributed by atoms with van der Waals surface area (Å²) in [5.74, 6) is 0.249. The number of benzene rings is 4. The van der Waals surface area contributed by atoms with Gasteiger partial charge in [-0.05, 0) is 60.0 Å². The van der Waals surface area contributed by atoms with Crippen molar-refractivity contribution in [1.29, 1.82) is 0 Å². The Morgan fingerprint density at radius 3 is 1.97 bits per heavy atom. The van der Waals surface area contributed by atoms with Crippen LogP contribution in [-0.4, -0.2) is 31.8 Å². The number of hydrogen-bond donors (Lipinski definition) is 1. The van der Waals surface area contributed by atoms with Crippen molar-refractivity contribution in [3.05, 3.63) is 115 Å². The zero-order chi connectivity index (χ0) is 25.5. The molecule has 1 atom stereocenters. The molecule has 1 unspecified atom stereocenters. The van der Waals surface area contributed by atoms with Crippen molar-refractivity contribution in [2.24, 2.45) is 0 Å². The van der Waals surface area contributed by atoms with E-state index in [4.69, 9.17) is 4.74 Å². The highest BCUT2D eigenvalue weighted by molar-refractivity contribution is 7.89. The Labute approximate surface area is 212 Å². The standard InChI is InChI=1S/C29H28N2O4S/c1-22(35-27-17-13-25(14-18-27)24-11-7-4-8-12-24)29(32)30-26-15-19-28(20-16-26)36(33,34)31(2)21-23-9-5-3-6-10-23/h3-20,22H,21H2,1-2H3,(H,30,32). The van der Waals surface area contributed by atoms with Crippen molar-refractivity contribution in [2.75, 3.05) is 12.4 Å². The molecule has 0 saturated heterocycles. The largest absolute Gasteiger partial charge is 0.481 e. The minimum absolute atomic E-state index is 0.154. The molecule has 0 aromatic heterocycles. The molecule has 0 spiro atoms. The average molecular weight is 501 g/mol. The fourth-order valence-corrected chi connectivity index (χ4v) is 4.83. The molecule has 6 nitrogen and oxygen atoms in total. The first-order chi connectivity index (χ1) is 17.3. The highest BCUT2D eigenvalue weighted by atomic mass is 32.2. The zero-order valence-electron chi connectivity index (χ0n) is 20.2. The van der Waals surface area contributed by atoms with Gasteiger partial charge in [-0.1, -0.05) is 72.8 Å². The van der Waals surface area contributed by atoms with Crippen LogP contribution in [0.1, 0.15) is 12.5 Å². The van der Waals surface area contributed by atoms with Crippen LogP contribution in [0.3, 0.4) is 0 Å². The lowest BCUT2D eigenvalue weighted by Gasteiger charge is -2.18. The number of sulfonamides is 1. The normalized spacial score (nSPS) is 12.2. The second-order valence-corrected chi connectivity index (χ2v) is 10.5. The minimum atomic E-state index is -3.67. The van der Waals surface area contributed by atoms with E-state index in [1.165, 1.54) is 16.4 Å². The highest BCUT2D eigenvalue weighted by Crippen LogP contribution is 2.23. The molecule has 0 aliphatic heterocycles. The molecular formula is C29H28N2O4S. The maximum atomic E-state index is 12.9. The van der Waals surface area contributed by atoms with Crippen molar-refractivity contribution >= 4 is 21.6 Å². The molecule has 4 aromatic rings. The summed E-state index contributed by atoms with van der Waals surface area (Å²) >= 11 is 0. The number of ether oxygens (including phenoxy) is 1. The second kappa shape index (κ2) is 11.2. The summed E-state index contributed by atoms with van der Waals surface area (Å²) in [6, 6.07) is 33.1. The number of hydrogen-bond acceptors (Lipinski definition) is 4. The van der Waals surface area contributed by atoms with Crippen molar-refractivity contribution in [2.45, 2.75) is 24.5 Å². The van der Waals surface area contributed by atoms with Gasteiger partial charge in [0, 0.05) is 19.3 Å². The molecule has 184 valence electrons. The lowest BCUT2D eigenvalue weighted by Crippen LogP contribution is -2.30.